The number of amides is 4. The highest BCUT2D eigenvalue weighted by Gasteiger charge is 2.33. The number of carbonyl (C=O) groups excluding carboxylic acids is 3. The van der Waals surface area contributed by atoms with E-state index in [1.807, 2.05) is 12.1 Å². The number of alkyl halides is 6. The third kappa shape index (κ3) is 18.5. The lowest BCUT2D eigenvalue weighted by atomic mass is 10.0. The van der Waals surface area contributed by atoms with Gasteiger partial charge in [0.1, 0.15) is 11.1 Å². The van der Waals surface area contributed by atoms with Gasteiger partial charge in [0.25, 0.3) is 22.9 Å². The van der Waals surface area contributed by atoms with Crippen LogP contribution in [0.5, 0.6) is 0 Å². The van der Waals surface area contributed by atoms with Crippen LogP contribution in [0.4, 0.5) is 31.1 Å². The summed E-state index contributed by atoms with van der Waals surface area (Å²) in [5.41, 5.74) is -0.648. The summed E-state index contributed by atoms with van der Waals surface area (Å²) in [4.78, 5) is 67.3. The van der Waals surface area contributed by atoms with E-state index in [9.17, 15) is 60.8 Å². The van der Waals surface area contributed by atoms with Gasteiger partial charge in [0.05, 0.1) is 149 Å². The van der Waals surface area contributed by atoms with Gasteiger partial charge >= 0.3 is 18.4 Å². The first-order valence-electron chi connectivity index (χ1n) is 29.3. The predicted molar refractivity (Wildman–Crippen MR) is 329 cm³/mol. The van der Waals surface area contributed by atoms with Gasteiger partial charge < -0.3 is 49.7 Å². The van der Waals surface area contributed by atoms with Gasteiger partial charge in [-0.3, -0.25) is 28.3 Å². The van der Waals surface area contributed by atoms with Crippen LogP contribution in [-0.2, 0) is 40.8 Å². The lowest BCUT2D eigenvalue weighted by Crippen LogP contribution is -2.39. The second-order valence-corrected chi connectivity index (χ2v) is 20.4. The van der Waals surface area contributed by atoms with Gasteiger partial charge in [-0.2, -0.15) is 47.1 Å². The number of urea groups is 1. The maximum atomic E-state index is 14.0. The molecule has 0 fully saturated rings. The quantitative estimate of drug-likeness (QED) is 0.0233. The Morgan fingerprint density at radius 2 is 0.777 bits per heavy atom. The summed E-state index contributed by atoms with van der Waals surface area (Å²) in [5, 5.41) is 37.9. The number of nitriles is 2. The van der Waals surface area contributed by atoms with Gasteiger partial charge in [-0.15, -0.1) is 0 Å². The molecule has 0 aliphatic carbocycles. The number of ether oxygens (including phenoxy) is 6. The predicted octanol–water partition coefficient (Wildman–Crippen LogP) is 7.65. The van der Waals surface area contributed by atoms with Crippen LogP contribution < -0.4 is 32.4 Å². The van der Waals surface area contributed by atoms with Crippen molar-refractivity contribution in [3.8, 4) is 57.4 Å². The smallest absolute Gasteiger partial charge is 0.377 e. The maximum absolute atomic E-state index is 14.0. The molecule has 0 atom stereocenters. The topological polar surface area (TPSA) is 282 Å². The van der Waals surface area contributed by atoms with Crippen molar-refractivity contribution >= 4 is 17.8 Å². The summed E-state index contributed by atoms with van der Waals surface area (Å²) in [6.07, 6.45) is -6.43. The molecule has 4 aromatic carbocycles. The van der Waals surface area contributed by atoms with Crippen LogP contribution in [0.2, 0.25) is 0 Å². The van der Waals surface area contributed by atoms with Crippen molar-refractivity contribution in [2.45, 2.75) is 26.2 Å². The lowest BCUT2D eigenvalue weighted by molar-refractivity contribution is -0.138. The lowest BCUT2D eigenvalue weighted by Gasteiger charge is -2.19. The minimum absolute atomic E-state index is 0.0200. The van der Waals surface area contributed by atoms with Crippen LogP contribution in [0.25, 0.3) is 45.3 Å². The van der Waals surface area contributed by atoms with Crippen molar-refractivity contribution in [2.75, 3.05) is 105 Å². The summed E-state index contributed by atoms with van der Waals surface area (Å²) in [6.45, 7) is 5.57. The van der Waals surface area contributed by atoms with Crippen LogP contribution >= 0.6 is 0 Å². The minimum Gasteiger partial charge on any atom is -0.377 e. The van der Waals surface area contributed by atoms with Crippen LogP contribution in [0.3, 0.4) is 0 Å². The molecule has 4 heterocycles. The fourth-order valence-corrected chi connectivity index (χ4v) is 9.58. The first-order valence-corrected chi connectivity index (χ1v) is 29.3. The minimum atomic E-state index is -4.70. The van der Waals surface area contributed by atoms with E-state index in [1.165, 1.54) is 58.2 Å². The molecule has 94 heavy (non-hydrogen) atoms. The summed E-state index contributed by atoms with van der Waals surface area (Å²) < 4.78 is 121. The zero-order valence-corrected chi connectivity index (χ0v) is 50.9. The average molecular weight is 1300 g/mol. The van der Waals surface area contributed by atoms with E-state index in [1.54, 1.807) is 74.5 Å². The van der Waals surface area contributed by atoms with Crippen LogP contribution in [-0.4, -0.2) is 152 Å². The van der Waals surface area contributed by atoms with Crippen molar-refractivity contribution in [2.24, 2.45) is 0 Å². The Bertz CT molecular complexity index is 3860. The normalized spacial score (nSPS) is 11.5. The second kappa shape index (κ2) is 33.3. The van der Waals surface area contributed by atoms with Crippen molar-refractivity contribution in [1.29, 1.82) is 10.5 Å². The highest BCUT2D eigenvalue weighted by Crippen LogP contribution is 2.34. The van der Waals surface area contributed by atoms with Crippen molar-refractivity contribution in [3.63, 3.8) is 0 Å². The Kier molecular flexibility index (Phi) is 24.7. The Morgan fingerprint density at radius 1 is 0.447 bits per heavy atom. The molecule has 492 valence electrons. The summed E-state index contributed by atoms with van der Waals surface area (Å²) in [6, 6.07) is 31.1. The highest BCUT2D eigenvalue weighted by molar-refractivity contribution is 5.96. The monoisotopic (exact) mass is 1300 g/mol. The number of carbonyl (C=O) groups is 3. The molecule has 4 amide bonds. The van der Waals surface area contributed by atoms with E-state index in [-0.39, 0.29) is 139 Å². The summed E-state index contributed by atoms with van der Waals surface area (Å²) in [7, 11) is 0. The van der Waals surface area contributed by atoms with Gasteiger partial charge in [-0.05, 0) is 123 Å². The van der Waals surface area contributed by atoms with E-state index in [0.29, 0.717) is 45.0 Å². The highest BCUT2D eigenvalue weighted by atomic mass is 19.4. The molecule has 0 aliphatic heterocycles. The molecule has 0 bridgehead atoms. The zero-order chi connectivity index (χ0) is 67.2. The first-order chi connectivity index (χ1) is 45.3. The van der Waals surface area contributed by atoms with E-state index in [2.05, 4.69) is 31.5 Å². The molecule has 4 aromatic heterocycles. The first kappa shape index (κ1) is 69.6. The van der Waals surface area contributed by atoms with Gasteiger partial charge in [0, 0.05) is 60.1 Å². The molecular formula is C65H64F6N12O11. The van der Waals surface area contributed by atoms with E-state index >= 15 is 0 Å². The molecule has 0 saturated carbocycles. The number of halogens is 6. The van der Waals surface area contributed by atoms with Gasteiger partial charge in [0.15, 0.2) is 0 Å². The van der Waals surface area contributed by atoms with Crippen LogP contribution in [0.15, 0.2) is 143 Å². The molecular weight excluding hydrogens is 1240 g/mol. The third-order valence-corrected chi connectivity index (χ3v) is 14.2. The van der Waals surface area contributed by atoms with Crippen molar-refractivity contribution < 1.29 is 69.1 Å². The van der Waals surface area contributed by atoms with Crippen molar-refractivity contribution in [1.82, 2.24) is 50.0 Å². The van der Waals surface area contributed by atoms with Gasteiger partial charge in [-0.1, -0.05) is 12.1 Å². The molecule has 0 aliphatic rings. The Morgan fingerprint density at radius 3 is 1.11 bits per heavy atom. The third-order valence-electron chi connectivity index (χ3n) is 14.2. The zero-order valence-electron chi connectivity index (χ0n) is 50.9. The SMILES string of the molecule is Cc1c(-c2ccnn2-c2ccc(C#N)cc2)cc(C(=O)NCCOCCOCCOCCNC(=O)NCCOCCOCCOCCNC(=O)c2cc(-c3ccnn3-c3ccc(C#N)cc3)c(C)n(-c3cccc(C(F)(F)F)c3)c2=O)c(=O)n1-c1cccc(C(F)(F)F)c1. The average Bonchev–Trinajstić information content (AvgIpc) is 1.27. The Labute approximate surface area is 533 Å². The van der Waals surface area contributed by atoms with Crippen LogP contribution in [0.1, 0.15) is 54.4 Å². The van der Waals surface area contributed by atoms with E-state index in [0.717, 1.165) is 33.4 Å². The molecule has 29 heteroatoms. The fraction of sp³-hybridized carbons (Fsp3) is 0.308. The van der Waals surface area contributed by atoms with Gasteiger partial charge in [-0.25, -0.2) is 14.2 Å². The largest absolute Gasteiger partial charge is 0.416 e. The number of pyridine rings is 2. The molecule has 0 radical (unpaired) electrons. The molecule has 0 saturated heterocycles. The molecule has 8 aromatic rings. The van der Waals surface area contributed by atoms with Crippen LogP contribution in [0, 0.1) is 36.5 Å². The summed E-state index contributed by atoms with van der Waals surface area (Å²) >= 11 is 0. The Hall–Kier alpha value is -10.3. The molecule has 8 rings (SSSR count). The second-order valence-electron chi connectivity index (χ2n) is 20.4. The van der Waals surface area contributed by atoms with Gasteiger partial charge in [0.2, 0.25) is 0 Å². The Balaban J connectivity index is 0.661. The number of hydrogen-bond donors (Lipinski definition) is 4. The molecule has 23 nitrogen and oxygen atoms in total. The summed E-state index contributed by atoms with van der Waals surface area (Å²) in [5.74, 6) is -1.58. The standard InChI is InChI=1S/C65H64F6N12O11/c1-43-53(57-17-19-78-82(57)49-13-9-45(41-72)10-14-49)39-55(61(86)80(43)51-7-3-5-47(37-51)64(66,67)68)59(84)74-21-25-89-29-33-93-35-31-91-27-23-76-63(88)77-24-28-92-32-36-94-34-30-90-26-22-75-60(85)56-40-54(58-18-20-79-83(58)50-15-11-46(42-73)12-16-50)44(2)81(62(56)87)52-8-4-6-48(38-52)65(69,70)71/h3-20,37-40H,21-36H2,1-2H3,(H,74,84)(H,75,85)(H2,76,77,88). The number of benzene rings is 4. The number of aromatic nitrogens is 6. The van der Waals surface area contributed by atoms with E-state index in [4.69, 9.17) is 28.4 Å². The van der Waals surface area contributed by atoms with Crippen molar-refractivity contribution in [3.05, 3.63) is 199 Å². The number of rotatable bonds is 32. The number of hydrogen-bond acceptors (Lipinski definition) is 15. The molecule has 0 unspecified atom stereocenters. The number of nitrogens with zero attached hydrogens (tertiary/aromatic N) is 8. The molecule has 4 N–H and O–H groups in total. The maximum Gasteiger partial charge on any atom is 0.416 e. The molecule has 0 spiro atoms. The fourth-order valence-electron chi connectivity index (χ4n) is 9.58. The van der Waals surface area contributed by atoms with E-state index < -0.39 is 52.4 Å². The number of nitrogens with one attached hydrogen (secondary N) is 4.